The Morgan fingerprint density at radius 2 is 2.17 bits per heavy atom. The Bertz CT molecular complexity index is 160. The molecule has 0 bridgehead atoms. The summed E-state index contributed by atoms with van der Waals surface area (Å²) in [7, 11) is 1.84. The Balaban J connectivity index is 2.41. The molecular weight excluding hydrogens is 158 g/mol. The number of hydrogen-bond donors (Lipinski definition) is 2. The van der Waals surface area contributed by atoms with Crippen molar-refractivity contribution < 1.29 is 14.6 Å². The number of nitrogens with one attached hydrogen (secondary N) is 1. The van der Waals surface area contributed by atoms with Gasteiger partial charge in [0.2, 0.25) is 0 Å². The summed E-state index contributed by atoms with van der Waals surface area (Å²) >= 11 is 0. The van der Waals surface area contributed by atoms with Crippen molar-refractivity contribution in [3.8, 4) is 0 Å². The van der Waals surface area contributed by atoms with Crippen molar-refractivity contribution in [1.82, 2.24) is 5.32 Å². The predicted molar refractivity (Wildman–Crippen MR) is 44.6 cm³/mol. The van der Waals surface area contributed by atoms with Crippen LogP contribution in [0.15, 0.2) is 0 Å². The number of rotatable bonds is 3. The lowest BCUT2D eigenvalue weighted by Gasteiger charge is -2.23. The maximum absolute atomic E-state index is 9.77. The minimum atomic E-state index is -1.10. The molecule has 0 aromatic rings. The largest absolute Gasteiger partial charge is 0.364 e. The first-order valence-corrected chi connectivity index (χ1v) is 4.19. The molecule has 1 aliphatic rings. The van der Waals surface area contributed by atoms with Crippen molar-refractivity contribution in [2.75, 3.05) is 20.2 Å². The average molecular weight is 175 g/mol. The Labute approximate surface area is 72.9 Å². The summed E-state index contributed by atoms with van der Waals surface area (Å²) in [5, 5.41) is 12.7. The van der Waals surface area contributed by atoms with Crippen molar-refractivity contribution >= 4 is 0 Å². The van der Waals surface area contributed by atoms with E-state index in [1.54, 1.807) is 13.8 Å². The van der Waals surface area contributed by atoms with Gasteiger partial charge in [0, 0.05) is 13.0 Å². The van der Waals surface area contributed by atoms with Gasteiger partial charge in [0.25, 0.3) is 0 Å². The maximum atomic E-state index is 9.77. The topological polar surface area (TPSA) is 50.7 Å². The van der Waals surface area contributed by atoms with Crippen LogP contribution >= 0.6 is 0 Å². The molecule has 1 atom stereocenters. The third kappa shape index (κ3) is 2.42. The van der Waals surface area contributed by atoms with Crippen molar-refractivity contribution in [3.63, 3.8) is 0 Å². The lowest BCUT2D eigenvalue weighted by molar-refractivity contribution is -0.231. The van der Waals surface area contributed by atoms with Crippen molar-refractivity contribution in [1.29, 1.82) is 0 Å². The minimum Gasteiger partial charge on any atom is -0.364 e. The van der Waals surface area contributed by atoms with E-state index in [9.17, 15) is 5.11 Å². The van der Waals surface area contributed by atoms with Gasteiger partial charge in [-0.1, -0.05) is 0 Å². The Hall–Kier alpha value is -0.160. The minimum absolute atomic E-state index is 0.252. The highest BCUT2D eigenvalue weighted by Gasteiger charge is 2.43. The first-order valence-electron chi connectivity index (χ1n) is 4.19. The SMILES string of the molecule is CNCCC1(O)COC(C)(C)O1. The van der Waals surface area contributed by atoms with Crippen LogP contribution in [0.5, 0.6) is 0 Å². The van der Waals surface area contributed by atoms with Crippen LogP contribution in [0.2, 0.25) is 0 Å². The molecule has 0 saturated carbocycles. The molecule has 0 aromatic heterocycles. The van der Waals surface area contributed by atoms with E-state index >= 15 is 0 Å². The highest BCUT2D eigenvalue weighted by atomic mass is 16.8. The Morgan fingerprint density at radius 3 is 2.58 bits per heavy atom. The highest BCUT2D eigenvalue weighted by Crippen LogP contribution is 2.30. The van der Waals surface area contributed by atoms with Crippen LogP contribution in [0.4, 0.5) is 0 Å². The van der Waals surface area contributed by atoms with E-state index in [0.717, 1.165) is 6.54 Å². The summed E-state index contributed by atoms with van der Waals surface area (Å²) < 4.78 is 10.6. The summed E-state index contributed by atoms with van der Waals surface area (Å²) in [6.07, 6.45) is 0.549. The molecule has 0 radical (unpaired) electrons. The van der Waals surface area contributed by atoms with Gasteiger partial charge in [-0.3, -0.25) is 0 Å². The molecule has 12 heavy (non-hydrogen) atoms. The predicted octanol–water partition coefficient (Wildman–Crippen LogP) is 0.0674. The Morgan fingerprint density at radius 1 is 1.50 bits per heavy atom. The third-order valence-electron chi connectivity index (χ3n) is 1.85. The van der Waals surface area contributed by atoms with E-state index in [-0.39, 0.29) is 6.61 Å². The van der Waals surface area contributed by atoms with Gasteiger partial charge in [-0.25, -0.2) is 0 Å². The van der Waals surface area contributed by atoms with Crippen LogP contribution < -0.4 is 5.32 Å². The smallest absolute Gasteiger partial charge is 0.193 e. The fraction of sp³-hybridized carbons (Fsp3) is 1.00. The second-order valence-electron chi connectivity index (χ2n) is 3.59. The molecule has 1 heterocycles. The van der Waals surface area contributed by atoms with E-state index in [4.69, 9.17) is 9.47 Å². The zero-order chi connectivity index (χ0) is 9.24. The highest BCUT2D eigenvalue weighted by molar-refractivity contribution is 4.77. The molecule has 72 valence electrons. The summed E-state index contributed by atoms with van der Waals surface area (Å²) in [5.41, 5.74) is 0. The maximum Gasteiger partial charge on any atom is 0.193 e. The van der Waals surface area contributed by atoms with Gasteiger partial charge >= 0.3 is 0 Å². The fourth-order valence-electron chi connectivity index (χ4n) is 1.25. The molecular formula is C8H17NO3. The van der Waals surface area contributed by atoms with Crippen LogP contribution in [-0.4, -0.2) is 36.9 Å². The van der Waals surface area contributed by atoms with E-state index in [0.29, 0.717) is 6.42 Å². The monoisotopic (exact) mass is 175 g/mol. The van der Waals surface area contributed by atoms with Crippen LogP contribution in [-0.2, 0) is 9.47 Å². The lowest BCUT2D eigenvalue weighted by atomic mass is 10.2. The number of hydrogen-bond acceptors (Lipinski definition) is 4. The summed E-state index contributed by atoms with van der Waals surface area (Å²) in [6.45, 7) is 4.56. The molecule has 1 unspecified atom stereocenters. The van der Waals surface area contributed by atoms with Crippen LogP contribution in [0.25, 0.3) is 0 Å². The second kappa shape index (κ2) is 3.30. The average Bonchev–Trinajstić information content (AvgIpc) is 2.23. The van der Waals surface area contributed by atoms with E-state index < -0.39 is 11.6 Å². The molecule has 0 amide bonds. The second-order valence-corrected chi connectivity index (χ2v) is 3.59. The number of aliphatic hydroxyl groups is 1. The van der Waals surface area contributed by atoms with Gasteiger partial charge in [-0.05, 0) is 20.9 Å². The van der Waals surface area contributed by atoms with E-state index in [1.165, 1.54) is 0 Å². The fourth-order valence-corrected chi connectivity index (χ4v) is 1.25. The molecule has 2 N–H and O–H groups in total. The van der Waals surface area contributed by atoms with Crippen LogP contribution in [0.1, 0.15) is 20.3 Å². The summed E-state index contributed by atoms with van der Waals surface area (Å²) in [4.78, 5) is 0. The van der Waals surface area contributed by atoms with Gasteiger partial charge < -0.3 is 19.9 Å². The first-order chi connectivity index (χ1) is 5.47. The number of ether oxygens (including phenoxy) is 2. The van der Waals surface area contributed by atoms with Gasteiger partial charge in [0.1, 0.15) is 6.61 Å². The third-order valence-corrected chi connectivity index (χ3v) is 1.85. The normalized spacial score (nSPS) is 34.0. The van der Waals surface area contributed by atoms with Gasteiger partial charge in [-0.2, -0.15) is 0 Å². The van der Waals surface area contributed by atoms with E-state index in [2.05, 4.69) is 5.32 Å². The van der Waals surface area contributed by atoms with Gasteiger partial charge in [0.05, 0.1) is 0 Å². The zero-order valence-electron chi connectivity index (χ0n) is 7.89. The van der Waals surface area contributed by atoms with Crippen LogP contribution in [0.3, 0.4) is 0 Å². The van der Waals surface area contributed by atoms with Gasteiger partial charge in [-0.15, -0.1) is 0 Å². The van der Waals surface area contributed by atoms with Crippen LogP contribution in [0, 0.1) is 0 Å². The van der Waals surface area contributed by atoms with Crippen molar-refractivity contribution in [2.24, 2.45) is 0 Å². The first kappa shape index (κ1) is 9.92. The summed E-state index contributed by atoms with van der Waals surface area (Å²) in [6, 6.07) is 0. The quantitative estimate of drug-likeness (QED) is 0.637. The van der Waals surface area contributed by atoms with E-state index in [1.807, 2.05) is 7.05 Å². The molecule has 1 saturated heterocycles. The lowest BCUT2D eigenvalue weighted by Crippen LogP contribution is -2.36. The molecule has 1 aliphatic heterocycles. The van der Waals surface area contributed by atoms with Crippen molar-refractivity contribution in [2.45, 2.75) is 31.8 Å². The zero-order valence-corrected chi connectivity index (χ0v) is 7.89. The molecule has 4 nitrogen and oxygen atoms in total. The molecule has 4 heteroatoms. The standard InChI is InChI=1S/C8H17NO3/c1-7(2)11-6-8(10,12-7)4-5-9-3/h9-10H,4-6H2,1-3H3. The molecule has 0 spiro atoms. The molecule has 1 rings (SSSR count). The molecule has 0 aromatic carbocycles. The molecule has 1 fully saturated rings. The van der Waals surface area contributed by atoms with Crippen molar-refractivity contribution in [3.05, 3.63) is 0 Å². The van der Waals surface area contributed by atoms with Gasteiger partial charge in [0.15, 0.2) is 11.6 Å². The molecule has 0 aliphatic carbocycles. The summed E-state index contributed by atoms with van der Waals surface area (Å²) in [5.74, 6) is -1.75. The Kier molecular flexibility index (Phi) is 2.73.